The van der Waals surface area contributed by atoms with Gasteiger partial charge in [-0.15, -0.1) is 11.3 Å². The Kier molecular flexibility index (Phi) is 8.66. The Labute approximate surface area is 226 Å². The van der Waals surface area contributed by atoms with E-state index in [2.05, 4.69) is 15.0 Å². The molecule has 1 fully saturated rings. The van der Waals surface area contributed by atoms with Crippen LogP contribution in [0.2, 0.25) is 0 Å². The average Bonchev–Trinajstić information content (AvgIpc) is 3.45. The summed E-state index contributed by atoms with van der Waals surface area (Å²) in [6, 6.07) is 10.4. The number of piperidine rings is 1. The fourth-order valence-electron chi connectivity index (χ4n) is 4.39. The molecule has 1 aromatic heterocycles. The highest BCUT2D eigenvalue weighted by molar-refractivity contribution is 7.09. The molecule has 0 bridgehead atoms. The number of methoxy groups -OCH3 is 1. The number of aliphatic hydroxyl groups excluding tert-OH is 1. The zero-order chi connectivity index (χ0) is 28.2. The van der Waals surface area contributed by atoms with E-state index in [1.54, 1.807) is 34.5 Å². The maximum absolute atomic E-state index is 13.4. The van der Waals surface area contributed by atoms with Crippen LogP contribution in [0.15, 0.2) is 53.9 Å². The number of ether oxygens (including phenoxy) is 1. The number of nitrogens with one attached hydrogen (secondary N) is 1. The number of carbonyl (C=O) groups is 3. The third kappa shape index (κ3) is 6.45. The Bertz CT molecular complexity index is 1330. The molecule has 12 heteroatoms. The van der Waals surface area contributed by atoms with Crippen molar-refractivity contribution in [3.8, 4) is 11.1 Å². The number of likely N-dealkylation sites (tertiary alicyclic amines) is 1. The predicted molar refractivity (Wildman–Crippen MR) is 137 cm³/mol. The molecule has 2 N–H and O–H groups in total. The lowest BCUT2D eigenvalue weighted by Gasteiger charge is -2.31. The molecule has 2 heterocycles. The smallest absolute Gasteiger partial charge is 0.416 e. The normalized spacial score (nSPS) is 15.1. The Morgan fingerprint density at radius 1 is 1.13 bits per heavy atom. The van der Waals surface area contributed by atoms with Gasteiger partial charge in [0.25, 0.3) is 11.8 Å². The summed E-state index contributed by atoms with van der Waals surface area (Å²) in [5.41, 5.74) is 0.860. The van der Waals surface area contributed by atoms with Gasteiger partial charge in [0.05, 0.1) is 24.3 Å². The molecule has 39 heavy (non-hydrogen) atoms. The van der Waals surface area contributed by atoms with Crippen molar-refractivity contribution >= 4 is 29.1 Å². The number of esters is 1. The van der Waals surface area contributed by atoms with E-state index in [-0.39, 0.29) is 17.5 Å². The fraction of sp³-hybridized carbons (Fsp3) is 0.333. The molecule has 4 rings (SSSR count). The van der Waals surface area contributed by atoms with Gasteiger partial charge in [-0.2, -0.15) is 13.2 Å². The summed E-state index contributed by atoms with van der Waals surface area (Å²) in [7, 11) is 1.16. The number of hydrogen-bond acceptors (Lipinski definition) is 7. The molecule has 1 aliphatic heterocycles. The van der Waals surface area contributed by atoms with Crippen molar-refractivity contribution in [2.24, 2.45) is 0 Å². The van der Waals surface area contributed by atoms with Crippen LogP contribution in [0.1, 0.15) is 50.2 Å². The minimum absolute atomic E-state index is 0.0278. The van der Waals surface area contributed by atoms with E-state index in [9.17, 15) is 32.7 Å². The number of halogens is 3. The van der Waals surface area contributed by atoms with Crippen LogP contribution in [0, 0.1) is 0 Å². The average molecular weight is 562 g/mol. The predicted octanol–water partition coefficient (Wildman–Crippen LogP) is 4.11. The number of alkyl halides is 3. The minimum atomic E-state index is -4.44. The van der Waals surface area contributed by atoms with E-state index < -0.39 is 36.3 Å². The lowest BCUT2D eigenvalue weighted by Crippen LogP contribution is -2.44. The van der Waals surface area contributed by atoms with E-state index in [4.69, 9.17) is 0 Å². The third-order valence-electron chi connectivity index (χ3n) is 6.54. The monoisotopic (exact) mass is 561 g/mol. The Morgan fingerprint density at radius 2 is 1.79 bits per heavy atom. The first-order valence-corrected chi connectivity index (χ1v) is 13.0. The van der Waals surface area contributed by atoms with Gasteiger partial charge in [0.15, 0.2) is 6.04 Å². The summed E-state index contributed by atoms with van der Waals surface area (Å²) in [6.07, 6.45) is -3.21. The number of benzene rings is 2. The first-order valence-electron chi connectivity index (χ1n) is 12.1. The highest BCUT2D eigenvalue weighted by atomic mass is 32.1. The summed E-state index contributed by atoms with van der Waals surface area (Å²) in [4.78, 5) is 43.6. The Hall–Kier alpha value is -3.77. The minimum Gasteiger partial charge on any atom is -0.467 e. The zero-order valence-electron chi connectivity index (χ0n) is 20.9. The molecule has 2 aromatic carbocycles. The Balaban J connectivity index is 1.40. The molecule has 8 nitrogen and oxygen atoms in total. The first kappa shape index (κ1) is 28.2. The van der Waals surface area contributed by atoms with Gasteiger partial charge < -0.3 is 20.1 Å². The van der Waals surface area contributed by atoms with Crippen LogP contribution in [0.4, 0.5) is 13.2 Å². The van der Waals surface area contributed by atoms with Crippen LogP contribution in [-0.2, 0) is 15.7 Å². The quantitative estimate of drug-likeness (QED) is 0.421. The molecule has 206 valence electrons. The molecule has 0 radical (unpaired) electrons. The molecule has 0 saturated carbocycles. The summed E-state index contributed by atoms with van der Waals surface area (Å²) in [5, 5.41) is 14.0. The molecule has 1 atom stereocenters. The summed E-state index contributed by atoms with van der Waals surface area (Å²) < 4.78 is 43.4. The van der Waals surface area contributed by atoms with Gasteiger partial charge in [-0.1, -0.05) is 30.3 Å². The van der Waals surface area contributed by atoms with Crippen molar-refractivity contribution in [2.45, 2.75) is 31.0 Å². The first-order chi connectivity index (χ1) is 18.6. The third-order valence-corrected chi connectivity index (χ3v) is 7.55. The van der Waals surface area contributed by atoms with Crippen LogP contribution >= 0.6 is 11.3 Å². The maximum atomic E-state index is 13.4. The second kappa shape index (κ2) is 12.0. The number of thiazole rings is 1. The molecule has 0 aliphatic carbocycles. The van der Waals surface area contributed by atoms with Gasteiger partial charge in [-0.05, 0) is 42.2 Å². The molecule has 0 spiro atoms. The van der Waals surface area contributed by atoms with Crippen molar-refractivity contribution in [3.05, 3.63) is 75.7 Å². The van der Waals surface area contributed by atoms with Crippen LogP contribution in [0.5, 0.6) is 0 Å². The highest BCUT2D eigenvalue weighted by Crippen LogP contribution is 2.34. The number of hydrogen-bond donors (Lipinski definition) is 2. The van der Waals surface area contributed by atoms with Gasteiger partial charge in [0.1, 0.15) is 5.69 Å². The molecule has 3 aromatic rings. The number of carbonyl (C=O) groups excluding carboxylic acids is 3. The van der Waals surface area contributed by atoms with Crippen LogP contribution < -0.4 is 5.32 Å². The van der Waals surface area contributed by atoms with Crippen molar-refractivity contribution in [1.29, 1.82) is 0 Å². The largest absolute Gasteiger partial charge is 0.467 e. The number of amides is 2. The summed E-state index contributed by atoms with van der Waals surface area (Å²) >= 11 is 1.31. The van der Waals surface area contributed by atoms with E-state index >= 15 is 0 Å². The van der Waals surface area contributed by atoms with Crippen LogP contribution in [-0.4, -0.2) is 65.6 Å². The van der Waals surface area contributed by atoms with Gasteiger partial charge >= 0.3 is 12.1 Å². The fourth-order valence-corrected chi connectivity index (χ4v) is 5.36. The zero-order valence-corrected chi connectivity index (χ0v) is 21.7. The van der Waals surface area contributed by atoms with E-state index in [0.29, 0.717) is 42.6 Å². The molecule has 0 unspecified atom stereocenters. The SMILES string of the molecule is COC(=O)[C@H](CO)NC(=O)c1csc(C2CCN(C(=O)c3ccccc3-c3ccc(C(F)(F)F)cc3)CC2)n1. The van der Waals surface area contributed by atoms with Gasteiger partial charge in [-0.3, -0.25) is 9.59 Å². The van der Waals surface area contributed by atoms with E-state index in [1.165, 1.54) is 23.5 Å². The second-order valence-electron chi connectivity index (χ2n) is 8.99. The van der Waals surface area contributed by atoms with Gasteiger partial charge in [0, 0.05) is 30.0 Å². The van der Waals surface area contributed by atoms with Crippen molar-refractivity contribution in [2.75, 3.05) is 26.8 Å². The molecule has 1 aliphatic rings. The molecular weight excluding hydrogens is 535 g/mol. The molecule has 2 amide bonds. The maximum Gasteiger partial charge on any atom is 0.416 e. The number of aromatic nitrogens is 1. The number of aliphatic hydroxyl groups is 1. The van der Waals surface area contributed by atoms with Crippen molar-refractivity contribution < 1.29 is 37.4 Å². The van der Waals surface area contributed by atoms with Gasteiger partial charge in [0.2, 0.25) is 0 Å². The summed E-state index contributed by atoms with van der Waals surface area (Å²) in [6.45, 7) is 0.283. The van der Waals surface area contributed by atoms with E-state index in [0.717, 1.165) is 24.3 Å². The van der Waals surface area contributed by atoms with Crippen LogP contribution in [0.25, 0.3) is 11.1 Å². The van der Waals surface area contributed by atoms with Crippen LogP contribution in [0.3, 0.4) is 0 Å². The number of rotatable bonds is 7. The molecular formula is C27H26F3N3O5S. The standard InChI is InChI=1S/C27H26F3N3O5S/c1-38-26(37)21(14-34)31-23(35)22-15-39-24(32-22)17-10-12-33(13-11-17)25(36)20-5-3-2-4-19(20)16-6-8-18(9-7-16)27(28,29)30/h2-9,15,17,21,34H,10-14H2,1H3,(H,31,35)/t21-/m0/s1. The number of nitrogens with zero attached hydrogens (tertiary/aromatic N) is 2. The Morgan fingerprint density at radius 3 is 2.41 bits per heavy atom. The van der Waals surface area contributed by atoms with Crippen molar-refractivity contribution in [1.82, 2.24) is 15.2 Å². The lowest BCUT2D eigenvalue weighted by atomic mass is 9.94. The van der Waals surface area contributed by atoms with E-state index in [1.807, 2.05) is 0 Å². The molecule has 1 saturated heterocycles. The second-order valence-corrected chi connectivity index (χ2v) is 9.88. The summed E-state index contributed by atoms with van der Waals surface area (Å²) in [5.74, 6) is -1.55. The lowest BCUT2D eigenvalue weighted by molar-refractivity contribution is -0.144. The van der Waals surface area contributed by atoms with Crippen molar-refractivity contribution in [3.63, 3.8) is 0 Å². The van der Waals surface area contributed by atoms with Gasteiger partial charge in [-0.25, -0.2) is 9.78 Å². The topological polar surface area (TPSA) is 109 Å². The highest BCUT2D eigenvalue weighted by Gasteiger charge is 2.31.